The number of aryl methyl sites for hydroxylation is 1. The number of nitrogens with zero attached hydrogens (tertiary/aromatic N) is 3. The van der Waals surface area contributed by atoms with E-state index in [9.17, 15) is 4.39 Å². The summed E-state index contributed by atoms with van der Waals surface area (Å²) in [6.45, 7) is 10.5. The van der Waals surface area contributed by atoms with Gasteiger partial charge in [0.15, 0.2) is 0 Å². The molecule has 29 heavy (non-hydrogen) atoms. The molecule has 0 aromatic carbocycles. The van der Waals surface area contributed by atoms with Crippen LogP contribution >= 0.6 is 0 Å². The SMILES string of the molecule is C=C(NCC(C)F)c1ccc2c(n1)N(C(=C)Nc1ccccn1)[C@@H](CCN)CC2. The van der Waals surface area contributed by atoms with Crippen LogP contribution in [0.5, 0.6) is 0 Å². The lowest BCUT2D eigenvalue weighted by Gasteiger charge is -2.39. The molecule has 1 aliphatic rings. The van der Waals surface area contributed by atoms with Crippen molar-refractivity contribution in [2.45, 2.75) is 38.4 Å². The number of halogens is 1. The molecule has 1 unspecified atom stereocenters. The number of alkyl halides is 1. The van der Waals surface area contributed by atoms with Gasteiger partial charge in [0.05, 0.1) is 11.4 Å². The van der Waals surface area contributed by atoms with Crippen LogP contribution in [0.15, 0.2) is 55.5 Å². The van der Waals surface area contributed by atoms with Crippen LogP contribution in [-0.4, -0.2) is 35.3 Å². The van der Waals surface area contributed by atoms with Gasteiger partial charge in [-0.2, -0.15) is 0 Å². The van der Waals surface area contributed by atoms with Gasteiger partial charge in [0.25, 0.3) is 0 Å². The summed E-state index contributed by atoms with van der Waals surface area (Å²) >= 11 is 0. The standard InChI is InChI=1S/C22H29FN6/c1-15(23)14-26-16(2)20-10-8-18-7-9-19(11-12-24)29(22(18)28-20)17(3)27-21-6-4-5-13-25-21/h4-6,8,10,13,15,19,26H,2-3,7,9,11-12,14,24H2,1H3,(H,25,27)/t15?,19-/m1/s1. The molecule has 0 amide bonds. The van der Waals surface area contributed by atoms with Crippen LogP contribution in [0.2, 0.25) is 0 Å². The summed E-state index contributed by atoms with van der Waals surface area (Å²) in [6.07, 6.45) is 3.48. The van der Waals surface area contributed by atoms with Crippen LogP contribution in [0.3, 0.4) is 0 Å². The molecule has 0 radical (unpaired) electrons. The second-order valence-electron chi connectivity index (χ2n) is 7.25. The average molecular weight is 397 g/mol. The number of hydrogen-bond donors (Lipinski definition) is 3. The number of hydrogen-bond acceptors (Lipinski definition) is 6. The highest BCUT2D eigenvalue weighted by atomic mass is 19.1. The zero-order valence-electron chi connectivity index (χ0n) is 16.9. The maximum atomic E-state index is 13.2. The number of nitrogens with two attached hydrogens (primary N) is 1. The van der Waals surface area contributed by atoms with E-state index in [4.69, 9.17) is 10.7 Å². The fourth-order valence-corrected chi connectivity index (χ4v) is 3.49. The topological polar surface area (TPSA) is 79.1 Å². The van der Waals surface area contributed by atoms with Crippen molar-refractivity contribution in [2.24, 2.45) is 5.73 Å². The normalized spacial score (nSPS) is 16.7. The number of rotatable bonds is 9. The number of fused-ring (bicyclic) bond motifs is 1. The summed E-state index contributed by atoms with van der Waals surface area (Å²) in [5.41, 5.74) is 8.29. The molecular weight excluding hydrogens is 367 g/mol. The van der Waals surface area contributed by atoms with Gasteiger partial charge in [-0.3, -0.25) is 0 Å². The fourth-order valence-electron chi connectivity index (χ4n) is 3.49. The molecular formula is C22H29FN6. The van der Waals surface area contributed by atoms with Crippen molar-refractivity contribution in [1.29, 1.82) is 0 Å². The summed E-state index contributed by atoms with van der Waals surface area (Å²) in [7, 11) is 0. The van der Waals surface area contributed by atoms with Crippen LogP contribution in [0.4, 0.5) is 16.0 Å². The average Bonchev–Trinajstić information content (AvgIpc) is 2.72. The zero-order chi connectivity index (χ0) is 20.8. The van der Waals surface area contributed by atoms with E-state index in [0.29, 0.717) is 23.8 Å². The summed E-state index contributed by atoms with van der Waals surface area (Å²) < 4.78 is 13.2. The molecule has 3 heterocycles. The van der Waals surface area contributed by atoms with Crippen molar-refractivity contribution in [3.05, 3.63) is 66.8 Å². The number of anilines is 2. The van der Waals surface area contributed by atoms with Gasteiger partial charge in [-0.25, -0.2) is 14.4 Å². The lowest BCUT2D eigenvalue weighted by atomic mass is 9.96. The Hall–Kier alpha value is -2.93. The first-order chi connectivity index (χ1) is 14.0. The number of pyridine rings is 2. The molecule has 1 aliphatic heterocycles. The molecule has 0 saturated heterocycles. The van der Waals surface area contributed by atoms with Crippen LogP contribution in [0, 0.1) is 0 Å². The minimum atomic E-state index is -0.961. The van der Waals surface area contributed by atoms with E-state index in [-0.39, 0.29) is 12.6 Å². The van der Waals surface area contributed by atoms with Gasteiger partial charge in [-0.15, -0.1) is 0 Å². The molecule has 154 valence electrons. The Kier molecular flexibility index (Phi) is 6.82. The monoisotopic (exact) mass is 396 g/mol. The van der Waals surface area contributed by atoms with E-state index < -0.39 is 6.17 Å². The molecule has 2 aromatic heterocycles. The van der Waals surface area contributed by atoms with Gasteiger partial charge in [0.2, 0.25) is 0 Å². The molecule has 0 spiro atoms. The van der Waals surface area contributed by atoms with Gasteiger partial charge in [-0.1, -0.05) is 25.3 Å². The molecule has 0 bridgehead atoms. The van der Waals surface area contributed by atoms with Gasteiger partial charge in [-0.05, 0) is 56.5 Å². The lowest BCUT2D eigenvalue weighted by molar-refractivity contribution is 0.358. The number of nitrogens with one attached hydrogen (secondary N) is 2. The molecule has 0 saturated carbocycles. The van der Waals surface area contributed by atoms with Crippen molar-refractivity contribution in [2.75, 3.05) is 23.3 Å². The first-order valence-corrected chi connectivity index (χ1v) is 9.93. The Balaban J connectivity index is 1.90. The van der Waals surface area contributed by atoms with Crippen molar-refractivity contribution in [3.8, 4) is 0 Å². The second kappa shape index (κ2) is 9.52. The van der Waals surface area contributed by atoms with Gasteiger partial charge < -0.3 is 21.3 Å². The Morgan fingerprint density at radius 3 is 2.86 bits per heavy atom. The zero-order valence-corrected chi connectivity index (χ0v) is 16.9. The Bertz CT molecular complexity index is 852. The van der Waals surface area contributed by atoms with E-state index in [1.54, 1.807) is 6.20 Å². The lowest BCUT2D eigenvalue weighted by Crippen LogP contribution is -2.42. The molecule has 6 nitrogen and oxygen atoms in total. The maximum absolute atomic E-state index is 13.2. The smallest absolute Gasteiger partial charge is 0.138 e. The Morgan fingerprint density at radius 2 is 2.17 bits per heavy atom. The van der Waals surface area contributed by atoms with Gasteiger partial charge >= 0.3 is 0 Å². The van der Waals surface area contributed by atoms with Gasteiger partial charge in [0, 0.05) is 18.8 Å². The van der Waals surface area contributed by atoms with Crippen LogP contribution in [-0.2, 0) is 6.42 Å². The maximum Gasteiger partial charge on any atom is 0.138 e. The van der Waals surface area contributed by atoms with Crippen LogP contribution in [0.1, 0.15) is 31.0 Å². The molecule has 3 rings (SSSR count). The summed E-state index contributed by atoms with van der Waals surface area (Å²) in [6, 6.07) is 9.85. The molecule has 4 N–H and O–H groups in total. The molecule has 0 fully saturated rings. The summed E-state index contributed by atoms with van der Waals surface area (Å²) in [5, 5.41) is 6.29. The number of aromatic nitrogens is 2. The minimum absolute atomic E-state index is 0.186. The predicted octanol–water partition coefficient (Wildman–Crippen LogP) is 3.45. The van der Waals surface area contributed by atoms with Crippen LogP contribution in [0.25, 0.3) is 5.70 Å². The highest BCUT2D eigenvalue weighted by Gasteiger charge is 2.29. The largest absolute Gasteiger partial charge is 0.381 e. The van der Waals surface area contributed by atoms with E-state index in [1.165, 1.54) is 6.92 Å². The highest BCUT2D eigenvalue weighted by Crippen LogP contribution is 2.34. The molecule has 2 aromatic rings. The highest BCUT2D eigenvalue weighted by molar-refractivity contribution is 5.65. The first kappa shape index (κ1) is 20.8. The molecule has 0 aliphatic carbocycles. The predicted molar refractivity (Wildman–Crippen MR) is 117 cm³/mol. The van der Waals surface area contributed by atoms with Crippen molar-refractivity contribution in [3.63, 3.8) is 0 Å². The van der Waals surface area contributed by atoms with Crippen molar-refractivity contribution in [1.82, 2.24) is 15.3 Å². The summed E-state index contributed by atoms with van der Waals surface area (Å²) in [5.74, 6) is 2.25. The first-order valence-electron chi connectivity index (χ1n) is 9.93. The Morgan fingerprint density at radius 1 is 1.34 bits per heavy atom. The molecule has 2 atom stereocenters. The fraction of sp³-hybridized carbons (Fsp3) is 0.364. The third-order valence-electron chi connectivity index (χ3n) is 4.93. The third-order valence-corrected chi connectivity index (χ3v) is 4.93. The van der Waals surface area contributed by atoms with Gasteiger partial charge in [0.1, 0.15) is 23.6 Å². The molecule has 7 heteroatoms. The quantitative estimate of drug-likeness (QED) is 0.603. The van der Waals surface area contributed by atoms with Crippen molar-refractivity contribution < 1.29 is 4.39 Å². The van der Waals surface area contributed by atoms with E-state index in [0.717, 1.165) is 36.5 Å². The Labute approximate surface area is 171 Å². The van der Waals surface area contributed by atoms with Crippen LogP contribution < -0.4 is 21.3 Å². The minimum Gasteiger partial charge on any atom is -0.381 e. The van der Waals surface area contributed by atoms with Crippen molar-refractivity contribution >= 4 is 17.3 Å². The third kappa shape index (κ3) is 5.12. The van der Waals surface area contributed by atoms with E-state index in [1.807, 2.05) is 24.3 Å². The van der Waals surface area contributed by atoms with E-state index in [2.05, 4.69) is 39.7 Å². The van der Waals surface area contributed by atoms with E-state index >= 15 is 0 Å². The second-order valence-corrected chi connectivity index (χ2v) is 7.25. The summed E-state index contributed by atoms with van der Waals surface area (Å²) in [4.78, 5) is 11.3.